The molecule has 0 aliphatic carbocycles. The summed E-state index contributed by atoms with van der Waals surface area (Å²) in [6, 6.07) is 0. The lowest BCUT2D eigenvalue weighted by atomic mass is 9.96. The van der Waals surface area contributed by atoms with Crippen LogP contribution in [0.5, 0.6) is 0 Å². The van der Waals surface area contributed by atoms with Crippen molar-refractivity contribution in [1.82, 2.24) is 5.32 Å². The lowest BCUT2D eigenvalue weighted by Gasteiger charge is -2.17. The maximum Gasteiger partial charge on any atom is 0.308 e. The van der Waals surface area contributed by atoms with E-state index in [9.17, 15) is 9.59 Å². The number of hydrogen-bond acceptors (Lipinski definition) is 2. The third kappa shape index (κ3) is 7.30. The fraction of sp³-hybridized carbons (Fsp3) is 0.857. The molecule has 0 aromatic heterocycles. The van der Waals surface area contributed by atoms with E-state index in [2.05, 4.69) is 12.2 Å². The molecule has 0 aromatic carbocycles. The molecule has 0 aliphatic heterocycles. The summed E-state index contributed by atoms with van der Waals surface area (Å²) < 4.78 is 0. The third-order valence-corrected chi connectivity index (χ3v) is 3.07. The highest BCUT2D eigenvalue weighted by Crippen LogP contribution is 2.12. The van der Waals surface area contributed by atoms with Gasteiger partial charge in [0.1, 0.15) is 0 Å². The Hall–Kier alpha value is -1.06. The lowest BCUT2D eigenvalue weighted by Crippen LogP contribution is -2.36. The molecule has 0 saturated heterocycles. The fourth-order valence-corrected chi connectivity index (χ4v) is 1.88. The van der Waals surface area contributed by atoms with Crippen molar-refractivity contribution >= 4 is 11.9 Å². The van der Waals surface area contributed by atoms with Gasteiger partial charge in [-0.1, -0.05) is 40.5 Å². The van der Waals surface area contributed by atoms with Gasteiger partial charge in [0.15, 0.2) is 0 Å². The van der Waals surface area contributed by atoms with E-state index in [-0.39, 0.29) is 18.4 Å². The number of carbonyl (C=O) groups excluding carboxylic acids is 1. The molecule has 4 heteroatoms. The van der Waals surface area contributed by atoms with Crippen LogP contribution in [0.3, 0.4) is 0 Å². The Labute approximate surface area is 110 Å². The number of carboxylic acid groups (broad SMARTS) is 1. The maximum absolute atomic E-state index is 11.8. The van der Waals surface area contributed by atoms with Gasteiger partial charge in [-0.05, 0) is 18.8 Å². The first kappa shape index (κ1) is 16.9. The minimum Gasteiger partial charge on any atom is -0.481 e. The van der Waals surface area contributed by atoms with E-state index in [1.807, 2.05) is 20.8 Å². The Morgan fingerprint density at radius 1 is 1.22 bits per heavy atom. The van der Waals surface area contributed by atoms with Crippen molar-refractivity contribution in [2.45, 2.75) is 53.4 Å². The van der Waals surface area contributed by atoms with E-state index < -0.39 is 11.9 Å². The van der Waals surface area contributed by atoms with E-state index in [0.717, 1.165) is 19.3 Å². The number of amides is 1. The molecule has 0 rings (SSSR count). The Morgan fingerprint density at radius 3 is 2.28 bits per heavy atom. The van der Waals surface area contributed by atoms with Gasteiger partial charge in [0.2, 0.25) is 5.91 Å². The first-order valence-corrected chi connectivity index (χ1v) is 6.88. The zero-order chi connectivity index (χ0) is 14.1. The maximum atomic E-state index is 11.8. The Bertz CT molecular complexity index is 264. The van der Waals surface area contributed by atoms with Crippen LogP contribution in [0.15, 0.2) is 0 Å². The summed E-state index contributed by atoms with van der Waals surface area (Å²) in [6.45, 7) is 8.20. The van der Waals surface area contributed by atoms with Gasteiger partial charge in [0.25, 0.3) is 0 Å². The number of hydrogen-bond donors (Lipinski definition) is 2. The van der Waals surface area contributed by atoms with Crippen molar-refractivity contribution in [3.63, 3.8) is 0 Å². The molecule has 4 nitrogen and oxygen atoms in total. The average molecular weight is 257 g/mol. The molecule has 18 heavy (non-hydrogen) atoms. The molecule has 0 aromatic rings. The Kier molecular flexibility index (Phi) is 8.42. The van der Waals surface area contributed by atoms with Crippen LogP contribution >= 0.6 is 0 Å². The summed E-state index contributed by atoms with van der Waals surface area (Å²) >= 11 is 0. The standard InChI is InChI=1S/C14H27NO3/c1-5-6-7-11(4)13(16)15-9-12(14(17)18)8-10(2)3/h10-12H,5-9H2,1-4H3,(H,15,16)(H,17,18). The summed E-state index contributed by atoms with van der Waals surface area (Å²) in [4.78, 5) is 22.8. The van der Waals surface area contributed by atoms with Crippen molar-refractivity contribution in [3.8, 4) is 0 Å². The molecule has 0 saturated carbocycles. The predicted molar refractivity (Wildman–Crippen MR) is 72.3 cm³/mol. The van der Waals surface area contributed by atoms with Crippen LogP contribution in [0.4, 0.5) is 0 Å². The highest BCUT2D eigenvalue weighted by Gasteiger charge is 2.21. The van der Waals surface area contributed by atoms with E-state index >= 15 is 0 Å². The van der Waals surface area contributed by atoms with Gasteiger partial charge in [-0.15, -0.1) is 0 Å². The van der Waals surface area contributed by atoms with Crippen molar-refractivity contribution in [3.05, 3.63) is 0 Å². The van der Waals surface area contributed by atoms with Gasteiger partial charge < -0.3 is 10.4 Å². The zero-order valence-electron chi connectivity index (χ0n) is 12.0. The summed E-state index contributed by atoms with van der Waals surface area (Å²) in [5.74, 6) is -1.05. The zero-order valence-corrected chi connectivity index (χ0v) is 12.0. The molecule has 0 fully saturated rings. The van der Waals surface area contributed by atoms with E-state index in [0.29, 0.717) is 12.3 Å². The topological polar surface area (TPSA) is 66.4 Å². The molecule has 1 amide bonds. The summed E-state index contributed by atoms with van der Waals surface area (Å²) in [7, 11) is 0. The number of carbonyl (C=O) groups is 2. The molecule has 0 radical (unpaired) electrons. The first-order chi connectivity index (χ1) is 8.38. The van der Waals surface area contributed by atoms with E-state index in [1.54, 1.807) is 0 Å². The highest BCUT2D eigenvalue weighted by molar-refractivity contribution is 5.79. The number of rotatable bonds is 9. The van der Waals surface area contributed by atoms with Crippen molar-refractivity contribution < 1.29 is 14.7 Å². The van der Waals surface area contributed by atoms with Gasteiger partial charge in [-0.3, -0.25) is 9.59 Å². The second kappa shape index (κ2) is 8.95. The second-order valence-electron chi connectivity index (χ2n) is 5.45. The number of carboxylic acids is 1. The van der Waals surface area contributed by atoms with Crippen LogP contribution in [0.25, 0.3) is 0 Å². The third-order valence-electron chi connectivity index (χ3n) is 3.07. The van der Waals surface area contributed by atoms with Gasteiger partial charge in [0.05, 0.1) is 5.92 Å². The molecule has 2 N–H and O–H groups in total. The summed E-state index contributed by atoms with van der Waals surface area (Å²) in [5.41, 5.74) is 0. The minimum absolute atomic E-state index is 0.0292. The van der Waals surface area contributed by atoms with Crippen molar-refractivity contribution in [1.29, 1.82) is 0 Å². The number of nitrogens with one attached hydrogen (secondary N) is 1. The van der Waals surface area contributed by atoms with Crippen LogP contribution < -0.4 is 5.32 Å². The molecule has 2 atom stereocenters. The fourth-order valence-electron chi connectivity index (χ4n) is 1.88. The normalized spacial score (nSPS) is 14.3. The molecule has 0 spiro atoms. The SMILES string of the molecule is CCCCC(C)C(=O)NCC(CC(C)C)C(=O)O. The monoisotopic (exact) mass is 257 g/mol. The molecular weight excluding hydrogens is 230 g/mol. The number of aliphatic carboxylic acids is 1. The molecular formula is C14H27NO3. The van der Waals surface area contributed by atoms with Crippen LogP contribution in [0, 0.1) is 17.8 Å². The molecule has 106 valence electrons. The highest BCUT2D eigenvalue weighted by atomic mass is 16.4. The molecule has 0 aliphatic rings. The molecule has 2 unspecified atom stereocenters. The smallest absolute Gasteiger partial charge is 0.308 e. The molecule has 0 bridgehead atoms. The van der Waals surface area contributed by atoms with E-state index in [1.165, 1.54) is 0 Å². The van der Waals surface area contributed by atoms with Crippen molar-refractivity contribution in [2.24, 2.45) is 17.8 Å². The number of unbranched alkanes of at least 4 members (excludes halogenated alkanes) is 1. The van der Waals surface area contributed by atoms with E-state index in [4.69, 9.17) is 5.11 Å². The molecule has 0 heterocycles. The Balaban J connectivity index is 4.10. The quantitative estimate of drug-likeness (QED) is 0.667. The summed E-state index contributed by atoms with van der Waals surface area (Å²) in [5, 5.41) is 11.8. The predicted octanol–water partition coefficient (Wildman–Crippen LogP) is 2.68. The van der Waals surface area contributed by atoms with Gasteiger partial charge >= 0.3 is 5.97 Å². The minimum atomic E-state index is -0.829. The Morgan fingerprint density at radius 2 is 1.83 bits per heavy atom. The van der Waals surface area contributed by atoms with Crippen LogP contribution in [0.1, 0.15) is 53.4 Å². The second-order valence-corrected chi connectivity index (χ2v) is 5.45. The lowest BCUT2D eigenvalue weighted by molar-refractivity contribution is -0.142. The summed E-state index contributed by atoms with van der Waals surface area (Å²) in [6.07, 6.45) is 3.56. The van der Waals surface area contributed by atoms with Gasteiger partial charge in [0, 0.05) is 12.5 Å². The van der Waals surface area contributed by atoms with Crippen LogP contribution in [-0.4, -0.2) is 23.5 Å². The van der Waals surface area contributed by atoms with Gasteiger partial charge in [-0.25, -0.2) is 0 Å². The van der Waals surface area contributed by atoms with Crippen LogP contribution in [-0.2, 0) is 9.59 Å². The average Bonchev–Trinajstić information content (AvgIpc) is 2.30. The van der Waals surface area contributed by atoms with Crippen LogP contribution in [0.2, 0.25) is 0 Å². The van der Waals surface area contributed by atoms with Crippen molar-refractivity contribution in [2.75, 3.05) is 6.54 Å². The largest absolute Gasteiger partial charge is 0.481 e. The first-order valence-electron chi connectivity index (χ1n) is 6.88. The van der Waals surface area contributed by atoms with Gasteiger partial charge in [-0.2, -0.15) is 0 Å².